The summed E-state index contributed by atoms with van der Waals surface area (Å²) in [7, 11) is -3.93. The number of benzene rings is 2. The number of furan rings is 1. The Hall–Kier alpha value is -2.84. The Balaban J connectivity index is 1.72. The Labute approximate surface area is 182 Å². The second-order valence-corrected chi connectivity index (χ2v) is 10.3. The van der Waals surface area contributed by atoms with Crippen LogP contribution in [0, 0.1) is 0 Å². The molecule has 0 bridgehead atoms. The molecule has 1 N–H and O–H groups in total. The summed E-state index contributed by atoms with van der Waals surface area (Å²) in [6.07, 6.45) is 0. The number of para-hydroxylation sites is 1. The van der Waals surface area contributed by atoms with Crippen molar-refractivity contribution in [2.75, 3.05) is 31.0 Å². The van der Waals surface area contributed by atoms with E-state index in [1.807, 2.05) is 12.1 Å². The van der Waals surface area contributed by atoms with Crippen molar-refractivity contribution >= 4 is 32.6 Å². The first kappa shape index (κ1) is 21.4. The third kappa shape index (κ3) is 4.31. The maximum atomic E-state index is 13.2. The third-order valence-corrected chi connectivity index (χ3v) is 6.72. The highest BCUT2D eigenvalue weighted by molar-refractivity contribution is 7.92. The lowest BCUT2D eigenvalue weighted by molar-refractivity contribution is 0.0285. The van der Waals surface area contributed by atoms with E-state index >= 15 is 0 Å². The summed E-state index contributed by atoms with van der Waals surface area (Å²) in [6.45, 7) is 7.93. The predicted molar refractivity (Wildman–Crippen MR) is 119 cm³/mol. The minimum Gasteiger partial charge on any atom is -0.449 e. The Morgan fingerprint density at radius 1 is 1.00 bits per heavy atom. The number of carbonyl (C=O) groups excluding carboxylic acids is 1. The van der Waals surface area contributed by atoms with Crippen molar-refractivity contribution < 1.29 is 22.4 Å². The number of rotatable bonds is 4. The van der Waals surface area contributed by atoms with Crippen LogP contribution in [0.1, 0.15) is 36.9 Å². The Morgan fingerprint density at radius 2 is 1.65 bits per heavy atom. The number of nitrogens with zero attached hydrogens (tertiary/aromatic N) is 1. The normalized spacial score (nSPS) is 15.3. The second kappa shape index (κ2) is 8.01. The van der Waals surface area contributed by atoms with Gasteiger partial charge in [0.05, 0.1) is 18.1 Å². The van der Waals surface area contributed by atoms with Gasteiger partial charge in [-0.1, -0.05) is 45.0 Å². The molecule has 164 valence electrons. The van der Waals surface area contributed by atoms with Crippen molar-refractivity contribution in [2.24, 2.45) is 0 Å². The maximum absolute atomic E-state index is 13.2. The van der Waals surface area contributed by atoms with Crippen LogP contribution in [0.4, 0.5) is 5.69 Å². The average molecular weight is 443 g/mol. The highest BCUT2D eigenvalue weighted by atomic mass is 32.2. The average Bonchev–Trinajstić information content (AvgIpc) is 3.11. The van der Waals surface area contributed by atoms with Crippen LogP contribution in [0.2, 0.25) is 0 Å². The topological polar surface area (TPSA) is 88.9 Å². The summed E-state index contributed by atoms with van der Waals surface area (Å²) >= 11 is 0. The van der Waals surface area contributed by atoms with Crippen molar-refractivity contribution in [3.05, 3.63) is 59.9 Å². The number of morpholine rings is 1. The molecule has 0 atom stereocenters. The molecular formula is C23H26N2O5S. The van der Waals surface area contributed by atoms with E-state index in [0.29, 0.717) is 37.3 Å². The Kier molecular flexibility index (Phi) is 5.53. The van der Waals surface area contributed by atoms with Gasteiger partial charge in [-0.25, -0.2) is 8.42 Å². The minimum atomic E-state index is -3.93. The van der Waals surface area contributed by atoms with Gasteiger partial charge in [-0.2, -0.15) is 0 Å². The van der Waals surface area contributed by atoms with E-state index in [0.717, 1.165) is 5.56 Å². The molecule has 2 heterocycles. The van der Waals surface area contributed by atoms with E-state index in [1.165, 1.54) is 0 Å². The fourth-order valence-corrected chi connectivity index (χ4v) is 4.62. The molecule has 3 aromatic rings. The van der Waals surface area contributed by atoms with Crippen molar-refractivity contribution in [1.29, 1.82) is 0 Å². The molecule has 8 heteroatoms. The lowest BCUT2D eigenvalue weighted by Gasteiger charge is -2.26. The van der Waals surface area contributed by atoms with Crippen LogP contribution in [0.5, 0.6) is 0 Å². The van der Waals surface area contributed by atoms with Crippen LogP contribution in [0.25, 0.3) is 11.0 Å². The highest BCUT2D eigenvalue weighted by Crippen LogP contribution is 2.34. The number of ether oxygens (including phenoxy) is 1. The molecule has 0 saturated carbocycles. The molecule has 1 saturated heterocycles. The first-order valence-corrected chi connectivity index (χ1v) is 11.7. The fraction of sp³-hybridized carbons (Fsp3) is 0.348. The molecule has 0 unspecified atom stereocenters. The summed E-state index contributed by atoms with van der Waals surface area (Å²) in [5, 5.41) is 0.536. The van der Waals surface area contributed by atoms with Crippen molar-refractivity contribution in [1.82, 2.24) is 4.90 Å². The fourth-order valence-electron chi connectivity index (χ4n) is 3.53. The molecule has 1 aliphatic heterocycles. The molecule has 1 amide bonds. The SMILES string of the molecule is CC(C)(C)c1ccc(S(=O)(=O)Nc2c(C(=O)N3CCOCC3)oc3ccccc23)cc1. The van der Waals surface area contributed by atoms with Gasteiger partial charge in [-0.3, -0.25) is 9.52 Å². The van der Waals surface area contributed by atoms with Gasteiger partial charge < -0.3 is 14.1 Å². The van der Waals surface area contributed by atoms with Crippen molar-refractivity contribution in [3.8, 4) is 0 Å². The number of amides is 1. The molecule has 1 aliphatic rings. The molecule has 0 radical (unpaired) electrons. The lowest BCUT2D eigenvalue weighted by atomic mass is 9.87. The molecular weight excluding hydrogens is 416 g/mol. The van der Waals surface area contributed by atoms with Gasteiger partial charge >= 0.3 is 0 Å². The maximum Gasteiger partial charge on any atom is 0.291 e. The molecule has 7 nitrogen and oxygen atoms in total. The molecule has 2 aromatic carbocycles. The van der Waals surface area contributed by atoms with Gasteiger partial charge in [0.25, 0.3) is 15.9 Å². The Bertz CT molecular complexity index is 1200. The van der Waals surface area contributed by atoms with E-state index in [2.05, 4.69) is 25.5 Å². The molecule has 4 rings (SSSR count). The summed E-state index contributed by atoms with van der Waals surface area (Å²) in [5.41, 5.74) is 1.55. The monoisotopic (exact) mass is 442 g/mol. The van der Waals surface area contributed by atoms with Crippen LogP contribution in [-0.2, 0) is 20.2 Å². The standard InChI is InChI=1S/C23H26N2O5S/c1-23(2,3)16-8-10-17(11-9-16)31(27,28)24-20-18-6-4-5-7-19(18)30-21(20)22(26)25-12-14-29-15-13-25/h4-11,24H,12-15H2,1-3H3. The van der Waals surface area contributed by atoms with Crippen molar-refractivity contribution in [2.45, 2.75) is 31.1 Å². The zero-order valence-corrected chi connectivity index (χ0v) is 18.7. The largest absolute Gasteiger partial charge is 0.449 e. The van der Waals surface area contributed by atoms with Gasteiger partial charge in [-0.15, -0.1) is 0 Å². The zero-order valence-electron chi connectivity index (χ0n) is 17.8. The quantitative estimate of drug-likeness (QED) is 0.660. The number of fused-ring (bicyclic) bond motifs is 1. The summed E-state index contributed by atoms with van der Waals surface area (Å²) in [6, 6.07) is 13.8. The van der Waals surface area contributed by atoms with Gasteiger partial charge in [0.15, 0.2) is 0 Å². The van der Waals surface area contributed by atoms with E-state index in [1.54, 1.807) is 41.3 Å². The summed E-state index contributed by atoms with van der Waals surface area (Å²) < 4.78 is 40.0. The summed E-state index contributed by atoms with van der Waals surface area (Å²) in [5.74, 6) is -0.377. The number of carbonyl (C=O) groups is 1. The third-order valence-electron chi connectivity index (χ3n) is 5.36. The van der Waals surface area contributed by atoms with E-state index in [-0.39, 0.29) is 27.7 Å². The number of nitrogens with one attached hydrogen (secondary N) is 1. The molecule has 0 spiro atoms. The first-order chi connectivity index (χ1) is 14.7. The van der Waals surface area contributed by atoms with Crippen LogP contribution >= 0.6 is 0 Å². The number of hydrogen-bond acceptors (Lipinski definition) is 5. The number of hydrogen-bond donors (Lipinski definition) is 1. The molecule has 31 heavy (non-hydrogen) atoms. The number of anilines is 1. The lowest BCUT2D eigenvalue weighted by Crippen LogP contribution is -2.40. The highest BCUT2D eigenvalue weighted by Gasteiger charge is 2.29. The van der Waals surface area contributed by atoms with E-state index < -0.39 is 10.0 Å². The van der Waals surface area contributed by atoms with Crippen LogP contribution in [0.3, 0.4) is 0 Å². The van der Waals surface area contributed by atoms with Gasteiger partial charge in [0, 0.05) is 18.5 Å². The van der Waals surface area contributed by atoms with Crippen LogP contribution in [0.15, 0.2) is 57.8 Å². The minimum absolute atomic E-state index is 0.0158. The number of sulfonamides is 1. The van der Waals surface area contributed by atoms with Crippen LogP contribution in [-0.4, -0.2) is 45.5 Å². The second-order valence-electron chi connectivity index (χ2n) is 8.59. The predicted octanol–water partition coefficient (Wildman–Crippen LogP) is 4.00. The Morgan fingerprint density at radius 3 is 2.29 bits per heavy atom. The van der Waals surface area contributed by atoms with Gasteiger partial charge in [0.2, 0.25) is 5.76 Å². The van der Waals surface area contributed by atoms with Gasteiger partial charge in [-0.05, 0) is 35.2 Å². The first-order valence-electron chi connectivity index (χ1n) is 10.2. The van der Waals surface area contributed by atoms with E-state index in [4.69, 9.17) is 9.15 Å². The van der Waals surface area contributed by atoms with Crippen molar-refractivity contribution in [3.63, 3.8) is 0 Å². The summed E-state index contributed by atoms with van der Waals surface area (Å²) in [4.78, 5) is 14.8. The van der Waals surface area contributed by atoms with Gasteiger partial charge in [0.1, 0.15) is 11.3 Å². The van der Waals surface area contributed by atoms with Crippen LogP contribution < -0.4 is 4.72 Å². The smallest absolute Gasteiger partial charge is 0.291 e. The molecule has 1 aromatic heterocycles. The zero-order chi connectivity index (χ0) is 22.2. The molecule has 1 fully saturated rings. The van der Waals surface area contributed by atoms with E-state index in [9.17, 15) is 13.2 Å². The molecule has 0 aliphatic carbocycles.